The molecular weight excluding hydrogens is 341 g/mol. The van der Waals surface area contributed by atoms with Crippen LogP contribution >= 0.6 is 0 Å². The lowest BCUT2D eigenvalue weighted by Gasteiger charge is -2.15. The second-order valence-corrected chi connectivity index (χ2v) is 5.59. The van der Waals surface area contributed by atoms with Gasteiger partial charge in [-0.2, -0.15) is 0 Å². The summed E-state index contributed by atoms with van der Waals surface area (Å²) in [7, 11) is 1.37. The minimum absolute atomic E-state index is 0.00712. The predicted molar refractivity (Wildman–Crippen MR) is 93.3 cm³/mol. The van der Waals surface area contributed by atoms with Crippen molar-refractivity contribution in [1.29, 1.82) is 0 Å². The van der Waals surface area contributed by atoms with E-state index in [1.165, 1.54) is 7.11 Å². The normalized spacial score (nSPS) is 12.0. The number of ether oxygens (including phenoxy) is 1. The Labute approximate surface area is 148 Å². The number of fused-ring (bicyclic) bond motifs is 1. The number of hydrogen-bond acceptors (Lipinski definition) is 5. The SMILES string of the molecule is COc1n[nH]c2c(F)c(NC(=O)NC(C)c3ccccc3)nc(CO)c12. The van der Waals surface area contributed by atoms with Crippen molar-refractivity contribution >= 4 is 22.8 Å². The van der Waals surface area contributed by atoms with Crippen molar-refractivity contribution in [3.05, 3.63) is 47.4 Å². The molecule has 0 radical (unpaired) electrons. The second kappa shape index (κ2) is 7.36. The van der Waals surface area contributed by atoms with E-state index in [1.54, 1.807) is 6.92 Å². The number of aromatic nitrogens is 3. The van der Waals surface area contributed by atoms with E-state index in [2.05, 4.69) is 25.8 Å². The molecular formula is C17H18FN5O3. The highest BCUT2D eigenvalue weighted by Gasteiger charge is 2.21. The van der Waals surface area contributed by atoms with E-state index >= 15 is 0 Å². The molecule has 1 aromatic carbocycles. The molecule has 0 saturated carbocycles. The quantitative estimate of drug-likeness (QED) is 0.559. The zero-order valence-corrected chi connectivity index (χ0v) is 14.2. The number of nitrogens with zero attached hydrogens (tertiary/aromatic N) is 2. The van der Waals surface area contributed by atoms with Gasteiger partial charge in [0.15, 0.2) is 11.6 Å². The number of amides is 2. The lowest BCUT2D eigenvalue weighted by Crippen LogP contribution is -2.32. The number of urea groups is 1. The van der Waals surface area contributed by atoms with Crippen molar-refractivity contribution in [2.45, 2.75) is 19.6 Å². The average Bonchev–Trinajstić information content (AvgIpc) is 3.09. The summed E-state index contributed by atoms with van der Waals surface area (Å²) in [5, 5.41) is 21.1. The van der Waals surface area contributed by atoms with E-state index < -0.39 is 18.5 Å². The summed E-state index contributed by atoms with van der Waals surface area (Å²) in [6.45, 7) is 1.34. The van der Waals surface area contributed by atoms with Crippen molar-refractivity contribution in [2.24, 2.45) is 0 Å². The van der Waals surface area contributed by atoms with Crippen molar-refractivity contribution in [2.75, 3.05) is 12.4 Å². The van der Waals surface area contributed by atoms with Gasteiger partial charge in [-0.15, -0.1) is 5.10 Å². The van der Waals surface area contributed by atoms with E-state index in [1.807, 2.05) is 30.3 Å². The standard InChI is InChI=1S/C17H18FN5O3/c1-9(10-6-4-3-5-7-10)19-17(25)21-15-13(18)14-12(11(8-24)20-15)16(26-2)23-22-14/h3-7,9,24H,8H2,1-2H3,(H,22,23)(H2,19,20,21,25). The number of aromatic amines is 1. The zero-order valence-electron chi connectivity index (χ0n) is 14.2. The molecule has 4 N–H and O–H groups in total. The van der Waals surface area contributed by atoms with Crippen LogP contribution in [-0.2, 0) is 6.61 Å². The molecule has 0 aliphatic heterocycles. The number of anilines is 1. The van der Waals surface area contributed by atoms with E-state index in [4.69, 9.17) is 4.74 Å². The summed E-state index contributed by atoms with van der Waals surface area (Å²) in [5.74, 6) is -0.995. The number of aliphatic hydroxyl groups is 1. The van der Waals surface area contributed by atoms with E-state index in [0.717, 1.165) is 5.56 Å². The summed E-state index contributed by atoms with van der Waals surface area (Å²) in [4.78, 5) is 16.2. The molecule has 2 amide bonds. The smallest absolute Gasteiger partial charge is 0.320 e. The number of carbonyl (C=O) groups is 1. The van der Waals surface area contributed by atoms with Gasteiger partial charge in [0.2, 0.25) is 5.88 Å². The van der Waals surface area contributed by atoms with E-state index in [0.29, 0.717) is 0 Å². The number of rotatable bonds is 5. The van der Waals surface area contributed by atoms with Crippen molar-refractivity contribution in [3.63, 3.8) is 0 Å². The Morgan fingerprint density at radius 3 is 2.77 bits per heavy atom. The highest BCUT2D eigenvalue weighted by molar-refractivity contribution is 5.94. The monoisotopic (exact) mass is 359 g/mol. The molecule has 0 saturated heterocycles. The van der Waals surface area contributed by atoms with Crippen LogP contribution in [0, 0.1) is 5.82 Å². The minimum atomic E-state index is -0.796. The first-order valence-electron chi connectivity index (χ1n) is 7.89. The Balaban J connectivity index is 1.84. The molecule has 136 valence electrons. The van der Waals surface area contributed by atoms with Gasteiger partial charge in [-0.05, 0) is 12.5 Å². The Hall–Kier alpha value is -3.20. The molecule has 0 aliphatic carbocycles. The summed E-state index contributed by atoms with van der Waals surface area (Å²) in [6, 6.07) is 8.43. The van der Waals surface area contributed by atoms with Gasteiger partial charge in [0.1, 0.15) is 5.52 Å². The third-order valence-corrected chi connectivity index (χ3v) is 3.92. The van der Waals surface area contributed by atoms with E-state index in [9.17, 15) is 14.3 Å². The minimum Gasteiger partial charge on any atom is -0.479 e. The number of carbonyl (C=O) groups excluding carboxylic acids is 1. The van der Waals surface area contributed by atoms with Crippen LogP contribution in [0.1, 0.15) is 24.2 Å². The average molecular weight is 359 g/mol. The van der Waals surface area contributed by atoms with Crippen molar-refractivity contribution in [1.82, 2.24) is 20.5 Å². The van der Waals surface area contributed by atoms with Gasteiger partial charge in [-0.1, -0.05) is 30.3 Å². The number of pyridine rings is 1. The lowest BCUT2D eigenvalue weighted by atomic mass is 10.1. The molecule has 3 rings (SSSR count). The van der Waals surface area contributed by atoms with Gasteiger partial charge in [-0.3, -0.25) is 10.4 Å². The molecule has 8 nitrogen and oxygen atoms in total. The maximum Gasteiger partial charge on any atom is 0.320 e. The number of aliphatic hydroxyl groups excluding tert-OH is 1. The van der Waals surface area contributed by atoms with Gasteiger partial charge < -0.3 is 15.2 Å². The fraction of sp³-hybridized carbons (Fsp3) is 0.235. The molecule has 0 spiro atoms. The van der Waals surface area contributed by atoms with Gasteiger partial charge in [-0.25, -0.2) is 14.2 Å². The number of nitrogens with one attached hydrogen (secondary N) is 3. The molecule has 0 aliphatic rings. The fourth-order valence-corrected chi connectivity index (χ4v) is 2.62. The van der Waals surface area contributed by atoms with Crippen LogP contribution in [0.4, 0.5) is 15.0 Å². The summed E-state index contributed by atoms with van der Waals surface area (Å²) in [5.41, 5.74) is 1.03. The van der Waals surface area contributed by atoms with Crippen LogP contribution in [0.2, 0.25) is 0 Å². The first-order chi connectivity index (χ1) is 12.5. The summed E-state index contributed by atoms with van der Waals surface area (Å²) >= 11 is 0. The molecule has 0 fully saturated rings. The lowest BCUT2D eigenvalue weighted by molar-refractivity contribution is 0.249. The van der Waals surface area contributed by atoms with Crippen LogP contribution in [0.25, 0.3) is 10.9 Å². The number of methoxy groups -OCH3 is 1. The Morgan fingerprint density at radius 2 is 2.12 bits per heavy atom. The molecule has 2 aromatic heterocycles. The third-order valence-electron chi connectivity index (χ3n) is 3.92. The first kappa shape index (κ1) is 17.6. The van der Waals surface area contributed by atoms with Crippen LogP contribution in [-0.4, -0.2) is 33.4 Å². The maximum atomic E-state index is 14.6. The van der Waals surface area contributed by atoms with Gasteiger partial charge in [0, 0.05) is 0 Å². The number of benzene rings is 1. The predicted octanol–water partition coefficient (Wildman–Crippen LogP) is 2.48. The molecule has 0 bridgehead atoms. The number of halogens is 1. The first-order valence-corrected chi connectivity index (χ1v) is 7.89. The van der Waals surface area contributed by atoms with Crippen LogP contribution in [0.3, 0.4) is 0 Å². The molecule has 1 atom stereocenters. The van der Waals surface area contributed by atoms with E-state index in [-0.39, 0.29) is 34.3 Å². The number of hydrogen-bond donors (Lipinski definition) is 4. The second-order valence-electron chi connectivity index (χ2n) is 5.59. The third kappa shape index (κ3) is 3.29. The molecule has 26 heavy (non-hydrogen) atoms. The van der Waals surface area contributed by atoms with Crippen molar-refractivity contribution in [3.8, 4) is 5.88 Å². The topological polar surface area (TPSA) is 112 Å². The van der Waals surface area contributed by atoms with Crippen LogP contribution in [0.15, 0.2) is 30.3 Å². The highest BCUT2D eigenvalue weighted by atomic mass is 19.1. The Morgan fingerprint density at radius 1 is 1.38 bits per heavy atom. The molecule has 1 unspecified atom stereocenters. The summed E-state index contributed by atoms with van der Waals surface area (Å²) in [6.07, 6.45) is 0. The molecule has 9 heteroatoms. The Kier molecular flexibility index (Phi) is 4.99. The van der Waals surface area contributed by atoms with Crippen molar-refractivity contribution < 1.29 is 19.0 Å². The van der Waals surface area contributed by atoms with Gasteiger partial charge >= 0.3 is 6.03 Å². The molecule has 2 heterocycles. The van der Waals surface area contributed by atoms with Crippen LogP contribution in [0.5, 0.6) is 5.88 Å². The summed E-state index contributed by atoms with van der Waals surface area (Å²) < 4.78 is 19.7. The highest BCUT2D eigenvalue weighted by Crippen LogP contribution is 2.30. The molecule has 3 aromatic rings. The number of H-pyrrole nitrogens is 1. The maximum absolute atomic E-state index is 14.6. The zero-order chi connectivity index (χ0) is 18.7. The Bertz CT molecular complexity index is 929. The van der Waals surface area contributed by atoms with Gasteiger partial charge in [0.05, 0.1) is 30.8 Å². The fourth-order valence-electron chi connectivity index (χ4n) is 2.62. The largest absolute Gasteiger partial charge is 0.479 e. The van der Waals surface area contributed by atoms with Gasteiger partial charge in [0.25, 0.3) is 0 Å². The van der Waals surface area contributed by atoms with Crippen LogP contribution < -0.4 is 15.4 Å².